The molecule has 1 heterocycles. The molecule has 2 rings (SSSR count). The number of nitriles is 1. The fourth-order valence-electron chi connectivity index (χ4n) is 1.37. The summed E-state index contributed by atoms with van der Waals surface area (Å²) >= 11 is 9.44. The molecular formula is C10H6BrNS2. The third-order valence-corrected chi connectivity index (χ3v) is 4.28. The predicted molar refractivity (Wildman–Crippen MR) is 66.1 cm³/mol. The fraction of sp³-hybridized carbons (Fsp3) is 0.100. The van der Waals surface area contributed by atoms with Gasteiger partial charge in [0, 0.05) is 9.17 Å². The minimum Gasteiger partial charge on any atom is -0.198 e. The lowest BCUT2D eigenvalue weighted by Gasteiger charge is -1.98. The lowest BCUT2D eigenvalue weighted by molar-refractivity contribution is 1.29. The van der Waals surface area contributed by atoms with Gasteiger partial charge in [0.2, 0.25) is 0 Å². The number of thiophene rings is 1. The van der Waals surface area contributed by atoms with Gasteiger partial charge in [0.1, 0.15) is 0 Å². The second-order valence-corrected chi connectivity index (χ2v) is 5.56. The molecule has 4 heteroatoms. The summed E-state index contributed by atoms with van der Waals surface area (Å²) in [5.41, 5.74) is 1.07. The van der Waals surface area contributed by atoms with Gasteiger partial charge in [-0.2, -0.15) is 5.26 Å². The van der Waals surface area contributed by atoms with E-state index in [1.807, 2.05) is 18.2 Å². The van der Waals surface area contributed by atoms with E-state index in [0.717, 1.165) is 19.6 Å². The summed E-state index contributed by atoms with van der Waals surface area (Å²) in [4.78, 5) is 0. The molecule has 1 nitrogen and oxygen atoms in total. The number of benzene rings is 1. The SMILES string of the molecule is N#CCc1ccc(Br)c2sc(S)cc12. The molecule has 0 spiro atoms. The van der Waals surface area contributed by atoms with E-state index < -0.39 is 0 Å². The Morgan fingerprint density at radius 3 is 3.00 bits per heavy atom. The standard InChI is InChI=1S/C10H6BrNS2/c11-8-2-1-6(3-4-12)7-5-9(13)14-10(7)8/h1-2,5,13H,3H2. The van der Waals surface area contributed by atoms with Gasteiger partial charge < -0.3 is 0 Å². The quantitative estimate of drug-likeness (QED) is 0.786. The Balaban J connectivity index is 2.75. The second kappa shape index (κ2) is 3.93. The van der Waals surface area contributed by atoms with Crippen molar-refractivity contribution in [2.24, 2.45) is 0 Å². The molecule has 0 amide bonds. The van der Waals surface area contributed by atoms with Crippen LogP contribution in [0.1, 0.15) is 5.56 Å². The lowest BCUT2D eigenvalue weighted by Crippen LogP contribution is -1.81. The highest BCUT2D eigenvalue weighted by Crippen LogP contribution is 2.35. The Morgan fingerprint density at radius 1 is 1.50 bits per heavy atom. The minimum absolute atomic E-state index is 0.452. The molecule has 0 aliphatic rings. The maximum Gasteiger partial charge on any atom is 0.0669 e. The van der Waals surface area contributed by atoms with Crippen LogP contribution in [-0.2, 0) is 6.42 Å². The number of thiol groups is 1. The number of hydrogen-bond donors (Lipinski definition) is 1. The number of hydrogen-bond acceptors (Lipinski definition) is 3. The molecule has 0 radical (unpaired) electrons. The normalized spacial score (nSPS) is 10.4. The van der Waals surface area contributed by atoms with Gasteiger partial charge >= 0.3 is 0 Å². The zero-order valence-electron chi connectivity index (χ0n) is 7.12. The van der Waals surface area contributed by atoms with E-state index in [-0.39, 0.29) is 0 Å². The number of nitrogens with zero attached hydrogens (tertiary/aromatic N) is 1. The molecule has 0 unspecified atom stereocenters. The van der Waals surface area contributed by atoms with Gasteiger partial charge in [-0.25, -0.2) is 0 Å². The van der Waals surface area contributed by atoms with E-state index in [0.29, 0.717) is 6.42 Å². The molecular weight excluding hydrogens is 278 g/mol. The van der Waals surface area contributed by atoms with Gasteiger partial charge in [-0.15, -0.1) is 24.0 Å². The van der Waals surface area contributed by atoms with Crippen molar-refractivity contribution in [3.63, 3.8) is 0 Å². The van der Waals surface area contributed by atoms with Crippen molar-refractivity contribution in [1.29, 1.82) is 5.26 Å². The summed E-state index contributed by atoms with van der Waals surface area (Å²) in [6.07, 6.45) is 0.452. The van der Waals surface area contributed by atoms with Crippen molar-refractivity contribution in [2.45, 2.75) is 10.6 Å². The summed E-state index contributed by atoms with van der Waals surface area (Å²) in [6.45, 7) is 0. The third-order valence-electron chi connectivity index (χ3n) is 1.98. The Bertz CT molecular complexity index is 525. The van der Waals surface area contributed by atoms with E-state index in [2.05, 4.69) is 34.6 Å². The van der Waals surface area contributed by atoms with Crippen molar-refractivity contribution in [1.82, 2.24) is 0 Å². The van der Waals surface area contributed by atoms with Crippen LogP contribution < -0.4 is 0 Å². The zero-order valence-corrected chi connectivity index (χ0v) is 10.4. The van der Waals surface area contributed by atoms with Crippen LogP contribution >= 0.6 is 39.9 Å². The van der Waals surface area contributed by atoms with E-state index in [1.165, 1.54) is 4.70 Å². The highest BCUT2D eigenvalue weighted by molar-refractivity contribution is 9.10. The first kappa shape index (κ1) is 10.0. The van der Waals surface area contributed by atoms with Crippen LogP contribution in [0.4, 0.5) is 0 Å². The van der Waals surface area contributed by atoms with Crippen molar-refractivity contribution in [3.8, 4) is 6.07 Å². The predicted octanol–water partition coefficient (Wildman–Crippen LogP) is 4.02. The van der Waals surface area contributed by atoms with Gasteiger partial charge in [0.15, 0.2) is 0 Å². The summed E-state index contributed by atoms with van der Waals surface area (Å²) in [5.74, 6) is 0. The van der Waals surface area contributed by atoms with Gasteiger partial charge in [-0.05, 0) is 39.0 Å². The third kappa shape index (κ3) is 1.68. The van der Waals surface area contributed by atoms with Gasteiger partial charge in [0.25, 0.3) is 0 Å². The van der Waals surface area contributed by atoms with Crippen LogP contribution in [0.25, 0.3) is 10.1 Å². The Morgan fingerprint density at radius 2 is 2.29 bits per heavy atom. The summed E-state index contributed by atoms with van der Waals surface area (Å²) < 4.78 is 3.22. The maximum atomic E-state index is 8.68. The maximum absolute atomic E-state index is 8.68. The van der Waals surface area contributed by atoms with Crippen molar-refractivity contribution in [2.75, 3.05) is 0 Å². The molecule has 0 atom stereocenters. The highest BCUT2D eigenvalue weighted by atomic mass is 79.9. The largest absolute Gasteiger partial charge is 0.198 e. The first-order valence-electron chi connectivity index (χ1n) is 3.99. The lowest BCUT2D eigenvalue weighted by atomic mass is 10.1. The van der Waals surface area contributed by atoms with Gasteiger partial charge in [0.05, 0.1) is 16.7 Å². The van der Waals surface area contributed by atoms with Crippen molar-refractivity contribution >= 4 is 50.0 Å². The molecule has 0 aliphatic heterocycles. The molecule has 70 valence electrons. The Kier molecular flexibility index (Phi) is 2.82. The van der Waals surface area contributed by atoms with Crippen molar-refractivity contribution in [3.05, 3.63) is 28.2 Å². The average molecular weight is 284 g/mol. The molecule has 0 N–H and O–H groups in total. The highest BCUT2D eigenvalue weighted by Gasteiger charge is 2.07. The monoisotopic (exact) mass is 283 g/mol. The molecule has 0 saturated heterocycles. The molecule has 1 aromatic carbocycles. The Hall–Kier alpha value is -0.500. The molecule has 1 aromatic heterocycles. The zero-order chi connectivity index (χ0) is 10.1. The van der Waals surface area contributed by atoms with Crippen LogP contribution in [-0.4, -0.2) is 0 Å². The van der Waals surface area contributed by atoms with Crippen LogP contribution in [0.15, 0.2) is 26.9 Å². The number of fused-ring (bicyclic) bond motifs is 1. The van der Waals surface area contributed by atoms with Crippen LogP contribution in [0.2, 0.25) is 0 Å². The molecule has 0 bridgehead atoms. The molecule has 2 aromatic rings. The molecule has 14 heavy (non-hydrogen) atoms. The smallest absolute Gasteiger partial charge is 0.0669 e. The summed E-state index contributed by atoms with van der Waals surface area (Å²) in [6, 6.07) is 8.15. The second-order valence-electron chi connectivity index (χ2n) is 2.87. The topological polar surface area (TPSA) is 23.8 Å². The summed E-state index contributed by atoms with van der Waals surface area (Å²) in [7, 11) is 0. The van der Waals surface area contributed by atoms with Crippen molar-refractivity contribution < 1.29 is 0 Å². The molecule has 0 saturated carbocycles. The number of rotatable bonds is 1. The Labute approximate surface area is 99.9 Å². The summed E-state index contributed by atoms with van der Waals surface area (Å²) in [5, 5.41) is 9.81. The van der Waals surface area contributed by atoms with E-state index in [9.17, 15) is 0 Å². The van der Waals surface area contributed by atoms with Crippen LogP contribution in [0.3, 0.4) is 0 Å². The number of halogens is 1. The first-order chi connectivity index (χ1) is 6.72. The van der Waals surface area contributed by atoms with E-state index >= 15 is 0 Å². The van der Waals surface area contributed by atoms with Crippen LogP contribution in [0, 0.1) is 11.3 Å². The molecule has 0 fully saturated rings. The van der Waals surface area contributed by atoms with Gasteiger partial charge in [-0.1, -0.05) is 6.07 Å². The molecule has 0 aliphatic carbocycles. The fourth-order valence-corrected chi connectivity index (χ4v) is 3.22. The first-order valence-corrected chi connectivity index (χ1v) is 6.05. The minimum atomic E-state index is 0.452. The van der Waals surface area contributed by atoms with E-state index in [1.54, 1.807) is 11.3 Å². The average Bonchev–Trinajstić information content (AvgIpc) is 2.53. The van der Waals surface area contributed by atoms with Gasteiger partial charge in [-0.3, -0.25) is 0 Å². The van der Waals surface area contributed by atoms with Crippen LogP contribution in [0.5, 0.6) is 0 Å². The van der Waals surface area contributed by atoms with E-state index in [4.69, 9.17) is 5.26 Å².